The first kappa shape index (κ1) is 18.4. The SMILES string of the molecule is CCc1coc2cc(O/C(=C\N(C)C)C(=O)OC)c(OC)cc2c1=O. The topological polar surface area (TPSA) is 78.2 Å². The lowest BCUT2D eigenvalue weighted by atomic mass is 10.1. The van der Waals surface area contributed by atoms with Crippen molar-refractivity contribution in [1.82, 2.24) is 4.90 Å². The Labute approximate surface area is 145 Å². The van der Waals surface area contributed by atoms with Crippen LogP contribution in [-0.4, -0.2) is 39.2 Å². The number of carbonyl (C=O) groups excluding carboxylic acids is 1. The molecule has 0 bridgehead atoms. The Kier molecular flexibility index (Phi) is 5.69. The largest absolute Gasteiger partial charge is 0.493 e. The summed E-state index contributed by atoms with van der Waals surface area (Å²) in [5.41, 5.74) is 0.795. The Balaban J connectivity index is 2.57. The van der Waals surface area contributed by atoms with Gasteiger partial charge in [0.05, 0.1) is 25.9 Å². The van der Waals surface area contributed by atoms with Gasteiger partial charge in [-0.1, -0.05) is 6.92 Å². The minimum atomic E-state index is -0.640. The summed E-state index contributed by atoms with van der Waals surface area (Å²) in [6, 6.07) is 3.06. The first-order valence-corrected chi connectivity index (χ1v) is 7.68. The molecule has 2 aromatic rings. The van der Waals surface area contributed by atoms with Crippen LogP contribution in [-0.2, 0) is 16.0 Å². The van der Waals surface area contributed by atoms with Gasteiger partial charge < -0.3 is 23.5 Å². The highest BCUT2D eigenvalue weighted by Gasteiger charge is 2.18. The summed E-state index contributed by atoms with van der Waals surface area (Å²) in [5, 5.41) is 0.389. The number of nitrogens with zero attached hydrogens (tertiary/aromatic N) is 1. The predicted octanol–water partition coefficient (Wildman–Crippen LogP) is 2.32. The number of hydrogen-bond acceptors (Lipinski definition) is 7. The zero-order valence-electron chi connectivity index (χ0n) is 14.9. The molecule has 7 nitrogen and oxygen atoms in total. The quantitative estimate of drug-likeness (QED) is 0.451. The van der Waals surface area contributed by atoms with Gasteiger partial charge in [0.25, 0.3) is 0 Å². The van der Waals surface area contributed by atoms with Crippen molar-refractivity contribution in [2.45, 2.75) is 13.3 Å². The lowest BCUT2D eigenvalue weighted by Crippen LogP contribution is -2.16. The molecule has 0 N–H and O–H groups in total. The number of ether oxygens (including phenoxy) is 3. The van der Waals surface area contributed by atoms with Crippen molar-refractivity contribution < 1.29 is 23.4 Å². The van der Waals surface area contributed by atoms with Crippen LogP contribution in [0.3, 0.4) is 0 Å². The summed E-state index contributed by atoms with van der Waals surface area (Å²) < 4.78 is 21.2. The van der Waals surface area contributed by atoms with Crippen molar-refractivity contribution in [2.24, 2.45) is 0 Å². The zero-order valence-corrected chi connectivity index (χ0v) is 14.9. The first-order valence-electron chi connectivity index (χ1n) is 7.68. The predicted molar refractivity (Wildman–Crippen MR) is 92.8 cm³/mol. The highest BCUT2D eigenvalue weighted by Crippen LogP contribution is 2.33. The lowest BCUT2D eigenvalue weighted by molar-refractivity contribution is -0.138. The van der Waals surface area contributed by atoms with Crippen LogP contribution in [0.2, 0.25) is 0 Å². The average molecular weight is 347 g/mol. The molecule has 0 aliphatic carbocycles. The zero-order chi connectivity index (χ0) is 18.6. The van der Waals surface area contributed by atoms with Crippen molar-refractivity contribution in [2.75, 3.05) is 28.3 Å². The van der Waals surface area contributed by atoms with E-state index in [2.05, 4.69) is 0 Å². The fraction of sp³-hybridized carbons (Fsp3) is 0.333. The van der Waals surface area contributed by atoms with E-state index in [4.69, 9.17) is 18.6 Å². The number of esters is 1. The molecule has 0 unspecified atom stereocenters. The fourth-order valence-electron chi connectivity index (χ4n) is 2.23. The third-order valence-corrected chi connectivity index (χ3v) is 3.49. The molecule has 0 spiro atoms. The van der Waals surface area contributed by atoms with Crippen molar-refractivity contribution in [3.8, 4) is 11.5 Å². The van der Waals surface area contributed by atoms with Crippen LogP contribution in [0.25, 0.3) is 11.0 Å². The van der Waals surface area contributed by atoms with Crippen LogP contribution in [0, 0.1) is 0 Å². The summed E-state index contributed by atoms with van der Waals surface area (Å²) in [6.45, 7) is 1.88. The molecule has 1 heterocycles. The maximum Gasteiger partial charge on any atom is 0.375 e. The smallest absolute Gasteiger partial charge is 0.375 e. The molecular weight excluding hydrogens is 326 g/mol. The molecule has 0 radical (unpaired) electrons. The second-order valence-corrected chi connectivity index (χ2v) is 5.49. The van der Waals surface area contributed by atoms with Gasteiger partial charge in [0, 0.05) is 31.9 Å². The first-order chi connectivity index (χ1) is 11.9. The van der Waals surface area contributed by atoms with Gasteiger partial charge in [-0.2, -0.15) is 0 Å². The molecule has 0 fully saturated rings. The van der Waals surface area contributed by atoms with Crippen molar-refractivity contribution >= 4 is 16.9 Å². The van der Waals surface area contributed by atoms with E-state index in [1.54, 1.807) is 25.1 Å². The number of hydrogen-bond donors (Lipinski definition) is 0. The Morgan fingerprint density at radius 3 is 2.52 bits per heavy atom. The van der Waals surface area contributed by atoms with E-state index < -0.39 is 5.97 Å². The molecule has 1 aromatic heterocycles. The lowest BCUT2D eigenvalue weighted by Gasteiger charge is -2.14. The minimum absolute atomic E-state index is 0.0299. The molecule has 0 saturated heterocycles. The summed E-state index contributed by atoms with van der Waals surface area (Å²) in [6.07, 6.45) is 3.47. The molecule has 0 aliphatic heterocycles. The van der Waals surface area contributed by atoms with Gasteiger partial charge in [-0.25, -0.2) is 4.79 Å². The molecule has 0 saturated carbocycles. The normalized spacial score (nSPS) is 11.3. The Morgan fingerprint density at radius 2 is 1.96 bits per heavy atom. The van der Waals surface area contributed by atoms with Crippen LogP contribution < -0.4 is 14.9 Å². The van der Waals surface area contributed by atoms with E-state index in [9.17, 15) is 9.59 Å². The highest BCUT2D eigenvalue weighted by atomic mass is 16.6. The van der Waals surface area contributed by atoms with Crippen molar-refractivity contribution in [3.63, 3.8) is 0 Å². The Hall–Kier alpha value is -2.96. The van der Waals surface area contributed by atoms with Gasteiger partial charge in [0.15, 0.2) is 16.9 Å². The van der Waals surface area contributed by atoms with Gasteiger partial charge >= 0.3 is 5.97 Å². The number of benzene rings is 1. The molecule has 0 aliphatic rings. The van der Waals surface area contributed by atoms with E-state index in [-0.39, 0.29) is 16.9 Å². The van der Waals surface area contributed by atoms with E-state index in [1.807, 2.05) is 6.92 Å². The van der Waals surface area contributed by atoms with Gasteiger partial charge in [0.1, 0.15) is 5.58 Å². The second-order valence-electron chi connectivity index (χ2n) is 5.49. The molecular formula is C18H21NO6. The average Bonchev–Trinajstić information content (AvgIpc) is 2.60. The Morgan fingerprint density at radius 1 is 1.24 bits per heavy atom. The number of fused-ring (bicyclic) bond motifs is 1. The number of carbonyl (C=O) groups is 1. The molecule has 0 amide bonds. The number of aryl methyl sites for hydroxylation is 1. The molecule has 134 valence electrons. The fourth-order valence-corrected chi connectivity index (χ4v) is 2.23. The van der Waals surface area contributed by atoms with Gasteiger partial charge in [0.2, 0.25) is 5.76 Å². The molecule has 25 heavy (non-hydrogen) atoms. The molecule has 0 atom stereocenters. The molecule has 7 heteroatoms. The Bertz CT molecular complexity index is 866. The van der Waals surface area contributed by atoms with Crippen molar-refractivity contribution in [1.29, 1.82) is 0 Å². The van der Waals surface area contributed by atoms with E-state index >= 15 is 0 Å². The van der Waals surface area contributed by atoms with E-state index in [0.29, 0.717) is 28.7 Å². The van der Waals surface area contributed by atoms with Gasteiger partial charge in [-0.3, -0.25) is 4.79 Å². The monoisotopic (exact) mass is 347 g/mol. The highest BCUT2D eigenvalue weighted by molar-refractivity contribution is 5.87. The maximum absolute atomic E-state index is 12.4. The third-order valence-electron chi connectivity index (χ3n) is 3.49. The molecule has 2 rings (SSSR count). The van der Waals surface area contributed by atoms with Crippen LogP contribution in [0.1, 0.15) is 12.5 Å². The van der Waals surface area contributed by atoms with Gasteiger partial charge in [-0.05, 0) is 12.5 Å². The van der Waals surface area contributed by atoms with Crippen LogP contribution in [0.15, 0.2) is 39.6 Å². The van der Waals surface area contributed by atoms with E-state index in [0.717, 1.165) is 0 Å². The second kappa shape index (κ2) is 7.74. The third kappa shape index (κ3) is 3.93. The van der Waals surface area contributed by atoms with Crippen LogP contribution >= 0.6 is 0 Å². The van der Waals surface area contributed by atoms with Crippen LogP contribution in [0.4, 0.5) is 0 Å². The minimum Gasteiger partial charge on any atom is -0.493 e. The summed E-state index contributed by atoms with van der Waals surface area (Å²) in [7, 11) is 6.20. The summed E-state index contributed by atoms with van der Waals surface area (Å²) >= 11 is 0. The number of methoxy groups -OCH3 is 2. The molecule has 1 aromatic carbocycles. The van der Waals surface area contributed by atoms with Gasteiger partial charge in [-0.15, -0.1) is 0 Å². The summed E-state index contributed by atoms with van der Waals surface area (Å²) in [4.78, 5) is 26.0. The summed E-state index contributed by atoms with van der Waals surface area (Å²) in [5.74, 6) is -0.126. The maximum atomic E-state index is 12.4. The number of rotatable bonds is 6. The van der Waals surface area contributed by atoms with Crippen LogP contribution in [0.5, 0.6) is 11.5 Å². The van der Waals surface area contributed by atoms with E-state index in [1.165, 1.54) is 32.7 Å². The standard InChI is InChI=1S/C18H21NO6/c1-6-11-10-24-13-8-15(14(22-4)7-12(13)17(11)20)25-16(9-19(2)3)18(21)23-5/h7-10H,6H2,1-5H3/b16-9-. The van der Waals surface area contributed by atoms with Crippen molar-refractivity contribution in [3.05, 3.63) is 46.1 Å².